The summed E-state index contributed by atoms with van der Waals surface area (Å²) < 4.78 is 51.8. The maximum Gasteiger partial charge on any atom is 0.337 e. The molecule has 0 amide bonds. The van der Waals surface area contributed by atoms with Crippen molar-refractivity contribution < 1.29 is 27.4 Å². The van der Waals surface area contributed by atoms with Crippen molar-refractivity contribution in [2.24, 2.45) is 0 Å². The molecular formula is C18H13F3O3. The second-order valence-electron chi connectivity index (χ2n) is 5.35. The van der Waals surface area contributed by atoms with Gasteiger partial charge in [-0.25, -0.2) is 18.0 Å². The van der Waals surface area contributed by atoms with E-state index in [0.29, 0.717) is 23.4 Å². The molecule has 0 aromatic heterocycles. The second kappa shape index (κ2) is 6.03. The number of halogens is 3. The molecule has 24 heavy (non-hydrogen) atoms. The van der Waals surface area contributed by atoms with Crippen molar-refractivity contribution in [2.75, 3.05) is 7.11 Å². The lowest BCUT2D eigenvalue weighted by atomic mass is 9.92. The second-order valence-corrected chi connectivity index (χ2v) is 5.35. The Kier molecular flexibility index (Phi) is 4.05. The fourth-order valence-electron chi connectivity index (χ4n) is 2.66. The smallest absolute Gasteiger partial charge is 0.337 e. The molecule has 1 aliphatic heterocycles. The number of benzene rings is 2. The van der Waals surface area contributed by atoms with Crippen molar-refractivity contribution >= 4 is 11.5 Å². The van der Waals surface area contributed by atoms with Gasteiger partial charge in [0.25, 0.3) is 0 Å². The van der Waals surface area contributed by atoms with Gasteiger partial charge in [-0.05, 0) is 36.8 Å². The lowest BCUT2D eigenvalue weighted by Crippen LogP contribution is -2.17. The van der Waals surface area contributed by atoms with E-state index in [2.05, 4.69) is 4.74 Å². The third kappa shape index (κ3) is 2.75. The number of carbonyl (C=O) groups excluding carboxylic acids is 1. The van der Waals surface area contributed by atoms with Crippen LogP contribution in [0.2, 0.25) is 0 Å². The van der Waals surface area contributed by atoms with Gasteiger partial charge in [0, 0.05) is 17.7 Å². The van der Waals surface area contributed by atoms with Crippen molar-refractivity contribution in [3.05, 3.63) is 70.5 Å². The number of hydrogen-bond acceptors (Lipinski definition) is 3. The zero-order chi connectivity index (χ0) is 17.4. The lowest BCUT2D eigenvalue weighted by molar-refractivity contribution is 0.0600. The summed E-state index contributed by atoms with van der Waals surface area (Å²) in [6.07, 6.45) is 1.07. The van der Waals surface area contributed by atoms with E-state index in [-0.39, 0.29) is 16.7 Å². The monoisotopic (exact) mass is 334 g/mol. The minimum atomic E-state index is -1.03. The maximum absolute atomic E-state index is 14.2. The summed E-state index contributed by atoms with van der Waals surface area (Å²) in [6.45, 7) is 1.70. The Balaban J connectivity index is 2.21. The van der Waals surface area contributed by atoms with Gasteiger partial charge in [0.2, 0.25) is 0 Å². The number of rotatable bonds is 2. The average molecular weight is 334 g/mol. The van der Waals surface area contributed by atoms with Gasteiger partial charge in [0.15, 0.2) is 0 Å². The molecule has 1 atom stereocenters. The van der Waals surface area contributed by atoms with Gasteiger partial charge < -0.3 is 9.47 Å². The number of carbonyl (C=O) groups is 1. The highest BCUT2D eigenvalue weighted by molar-refractivity contribution is 5.93. The zero-order valence-electron chi connectivity index (χ0n) is 12.9. The van der Waals surface area contributed by atoms with Gasteiger partial charge in [0.1, 0.15) is 29.3 Å². The molecule has 0 fully saturated rings. The summed E-state index contributed by atoms with van der Waals surface area (Å²) in [5.74, 6) is -3.27. The van der Waals surface area contributed by atoms with Crippen LogP contribution in [0.1, 0.15) is 28.4 Å². The third-order valence-electron chi connectivity index (χ3n) is 3.68. The van der Waals surface area contributed by atoms with Crippen LogP contribution in [-0.4, -0.2) is 19.2 Å². The molecule has 2 aromatic carbocycles. The van der Waals surface area contributed by atoms with Gasteiger partial charge in [-0.2, -0.15) is 0 Å². The van der Waals surface area contributed by atoms with E-state index < -0.39 is 29.5 Å². The number of hydrogen-bond donors (Lipinski definition) is 0. The Morgan fingerprint density at radius 2 is 1.79 bits per heavy atom. The molecule has 2 aromatic rings. The molecule has 3 nitrogen and oxygen atoms in total. The highest BCUT2D eigenvalue weighted by Crippen LogP contribution is 2.38. The Hall–Kier alpha value is -2.76. The Labute approximate surface area is 136 Å². The first-order chi connectivity index (χ1) is 11.4. The molecule has 0 saturated carbocycles. The molecule has 0 N–H and O–H groups in total. The first kappa shape index (κ1) is 16.1. The fourth-order valence-corrected chi connectivity index (χ4v) is 2.66. The van der Waals surface area contributed by atoms with Crippen LogP contribution in [-0.2, 0) is 4.74 Å². The molecule has 1 heterocycles. The van der Waals surface area contributed by atoms with E-state index in [1.165, 1.54) is 31.4 Å². The van der Waals surface area contributed by atoms with Crippen LogP contribution >= 0.6 is 0 Å². The number of fused-ring (bicyclic) bond motifs is 1. The maximum atomic E-state index is 14.2. The minimum Gasteiger partial charge on any atom is -0.486 e. The van der Waals surface area contributed by atoms with Crippen LogP contribution < -0.4 is 4.74 Å². The molecule has 0 saturated heterocycles. The van der Waals surface area contributed by atoms with E-state index in [1.54, 1.807) is 6.92 Å². The summed E-state index contributed by atoms with van der Waals surface area (Å²) in [7, 11) is 1.23. The molecule has 0 aliphatic carbocycles. The SMILES string of the molecule is COC(=O)c1ccc2c(c1)C(c1c(F)cc(F)cc1F)=CC(C)O2. The van der Waals surface area contributed by atoms with Crippen LogP contribution in [0.4, 0.5) is 13.2 Å². The van der Waals surface area contributed by atoms with Crippen LogP contribution in [0.3, 0.4) is 0 Å². The highest BCUT2D eigenvalue weighted by atomic mass is 19.1. The quantitative estimate of drug-likeness (QED) is 0.776. The lowest BCUT2D eigenvalue weighted by Gasteiger charge is -2.24. The molecule has 1 unspecified atom stereocenters. The summed E-state index contributed by atoms with van der Waals surface area (Å²) >= 11 is 0. The largest absolute Gasteiger partial charge is 0.486 e. The summed E-state index contributed by atoms with van der Waals surface area (Å²) in [4.78, 5) is 11.7. The number of ether oxygens (including phenoxy) is 2. The number of esters is 1. The van der Waals surface area contributed by atoms with E-state index in [0.717, 1.165) is 0 Å². The fraction of sp³-hybridized carbons (Fsp3) is 0.167. The Bertz CT molecular complexity index is 836. The van der Waals surface area contributed by atoms with Crippen molar-refractivity contribution in [1.82, 2.24) is 0 Å². The molecule has 0 radical (unpaired) electrons. The van der Waals surface area contributed by atoms with Crippen molar-refractivity contribution in [3.8, 4) is 5.75 Å². The van der Waals surface area contributed by atoms with Gasteiger partial charge in [-0.15, -0.1) is 0 Å². The first-order valence-electron chi connectivity index (χ1n) is 7.17. The minimum absolute atomic E-state index is 0.199. The van der Waals surface area contributed by atoms with E-state index in [1.807, 2.05) is 0 Å². The van der Waals surface area contributed by atoms with Crippen LogP contribution in [0.25, 0.3) is 5.57 Å². The van der Waals surface area contributed by atoms with E-state index in [9.17, 15) is 18.0 Å². The van der Waals surface area contributed by atoms with Crippen LogP contribution in [0, 0.1) is 17.5 Å². The normalized spacial score (nSPS) is 16.0. The van der Waals surface area contributed by atoms with E-state index >= 15 is 0 Å². The molecule has 0 bridgehead atoms. The van der Waals surface area contributed by atoms with Gasteiger partial charge in [0.05, 0.1) is 18.2 Å². The topological polar surface area (TPSA) is 35.5 Å². The van der Waals surface area contributed by atoms with Crippen molar-refractivity contribution in [3.63, 3.8) is 0 Å². The van der Waals surface area contributed by atoms with Gasteiger partial charge in [-0.1, -0.05) is 0 Å². The predicted molar refractivity (Wildman–Crippen MR) is 81.3 cm³/mol. The Morgan fingerprint density at radius 1 is 1.12 bits per heavy atom. The molecule has 0 spiro atoms. The predicted octanol–water partition coefficient (Wildman–Crippen LogP) is 4.10. The highest BCUT2D eigenvalue weighted by Gasteiger charge is 2.25. The summed E-state index contributed by atoms with van der Waals surface area (Å²) in [5.41, 5.74) is 0.378. The molecular weight excluding hydrogens is 321 g/mol. The summed E-state index contributed by atoms with van der Waals surface area (Å²) in [5, 5.41) is 0. The average Bonchev–Trinajstić information content (AvgIpc) is 2.52. The van der Waals surface area contributed by atoms with Crippen LogP contribution in [0.15, 0.2) is 36.4 Å². The summed E-state index contributed by atoms with van der Waals surface area (Å²) in [6, 6.07) is 5.69. The standard InChI is InChI=1S/C18H13F3O3/c1-9-5-13(17-14(20)7-11(19)8-15(17)21)12-6-10(18(22)23-2)3-4-16(12)24-9/h3-9H,1-2H3. The number of methoxy groups -OCH3 is 1. The molecule has 6 heteroatoms. The third-order valence-corrected chi connectivity index (χ3v) is 3.68. The Morgan fingerprint density at radius 3 is 2.42 bits per heavy atom. The van der Waals surface area contributed by atoms with Crippen molar-refractivity contribution in [2.45, 2.75) is 13.0 Å². The molecule has 1 aliphatic rings. The van der Waals surface area contributed by atoms with Gasteiger partial charge in [-0.3, -0.25) is 0 Å². The zero-order valence-corrected chi connectivity index (χ0v) is 12.9. The van der Waals surface area contributed by atoms with Crippen molar-refractivity contribution in [1.29, 1.82) is 0 Å². The molecule has 3 rings (SSSR count). The van der Waals surface area contributed by atoms with E-state index in [4.69, 9.17) is 4.74 Å². The van der Waals surface area contributed by atoms with Gasteiger partial charge >= 0.3 is 5.97 Å². The molecule has 124 valence electrons. The first-order valence-corrected chi connectivity index (χ1v) is 7.17. The van der Waals surface area contributed by atoms with Crippen LogP contribution in [0.5, 0.6) is 5.75 Å².